The van der Waals surface area contributed by atoms with Crippen LogP contribution in [0.2, 0.25) is 5.02 Å². The van der Waals surface area contributed by atoms with E-state index in [2.05, 4.69) is 27.0 Å². The number of nitrogens with zero attached hydrogens (tertiary/aromatic N) is 2. The Morgan fingerprint density at radius 3 is 2.77 bits per heavy atom. The van der Waals surface area contributed by atoms with Gasteiger partial charge >= 0.3 is 0 Å². The highest BCUT2D eigenvalue weighted by molar-refractivity contribution is 9.10. The van der Waals surface area contributed by atoms with Crippen molar-refractivity contribution in [1.29, 1.82) is 0 Å². The molecule has 0 unspecified atom stereocenters. The second kappa shape index (κ2) is 5.28. The molecule has 2 heterocycles. The van der Waals surface area contributed by atoms with E-state index in [0.717, 1.165) is 32.9 Å². The Morgan fingerprint density at radius 1 is 1.23 bits per heavy atom. The molecule has 2 atom stereocenters. The SMILES string of the molecule is C[C@H]1Oc2ccc(Br)cc2[C@@H]2CC(c3ccc(Cl)cc3)=NN12. The summed E-state index contributed by atoms with van der Waals surface area (Å²) in [5, 5.41) is 7.58. The molecular formula is C17H14BrClN2O. The Morgan fingerprint density at radius 2 is 2.00 bits per heavy atom. The highest BCUT2D eigenvalue weighted by Gasteiger charge is 2.38. The quantitative estimate of drug-likeness (QED) is 0.699. The third-order valence-electron chi connectivity index (χ3n) is 4.12. The summed E-state index contributed by atoms with van der Waals surface area (Å²) in [6, 6.07) is 14.2. The maximum absolute atomic E-state index is 5.98. The average molecular weight is 378 g/mol. The molecule has 0 radical (unpaired) electrons. The molecule has 0 aromatic heterocycles. The number of hydrogen-bond donors (Lipinski definition) is 0. The lowest BCUT2D eigenvalue weighted by molar-refractivity contribution is -0.00339. The summed E-state index contributed by atoms with van der Waals surface area (Å²) >= 11 is 9.52. The minimum Gasteiger partial charge on any atom is -0.469 e. The Hall–Kier alpha value is -1.52. The fourth-order valence-corrected chi connectivity index (χ4v) is 3.56. The monoisotopic (exact) mass is 376 g/mol. The third-order valence-corrected chi connectivity index (χ3v) is 4.87. The number of rotatable bonds is 1. The van der Waals surface area contributed by atoms with Crippen LogP contribution in [0.3, 0.4) is 0 Å². The van der Waals surface area contributed by atoms with Gasteiger partial charge in [0.05, 0.1) is 11.8 Å². The Bertz CT molecular complexity index is 760. The first kappa shape index (κ1) is 14.1. The van der Waals surface area contributed by atoms with E-state index in [0.29, 0.717) is 0 Å². The van der Waals surface area contributed by atoms with Crippen molar-refractivity contribution in [1.82, 2.24) is 5.01 Å². The van der Waals surface area contributed by atoms with E-state index in [1.54, 1.807) is 0 Å². The van der Waals surface area contributed by atoms with E-state index in [9.17, 15) is 0 Å². The van der Waals surface area contributed by atoms with Crippen LogP contribution in [0.15, 0.2) is 52.0 Å². The molecule has 2 aromatic rings. The van der Waals surface area contributed by atoms with E-state index in [1.807, 2.05) is 43.3 Å². The maximum Gasteiger partial charge on any atom is 0.185 e. The van der Waals surface area contributed by atoms with E-state index in [-0.39, 0.29) is 12.3 Å². The van der Waals surface area contributed by atoms with Crippen molar-refractivity contribution in [2.75, 3.05) is 0 Å². The zero-order chi connectivity index (χ0) is 15.3. The largest absolute Gasteiger partial charge is 0.469 e. The molecule has 0 spiro atoms. The summed E-state index contributed by atoms with van der Waals surface area (Å²) in [5.41, 5.74) is 3.37. The molecule has 0 N–H and O–H groups in total. The van der Waals surface area contributed by atoms with Crippen LogP contribution in [0.25, 0.3) is 0 Å². The fourth-order valence-electron chi connectivity index (χ4n) is 3.06. The number of halogens is 2. The summed E-state index contributed by atoms with van der Waals surface area (Å²) in [6.45, 7) is 2.03. The first-order chi connectivity index (χ1) is 10.6. The molecule has 22 heavy (non-hydrogen) atoms. The number of benzene rings is 2. The summed E-state index contributed by atoms with van der Waals surface area (Å²) in [4.78, 5) is 0. The molecule has 0 amide bonds. The van der Waals surface area contributed by atoms with E-state index < -0.39 is 0 Å². The first-order valence-corrected chi connectivity index (χ1v) is 8.37. The van der Waals surface area contributed by atoms with Gasteiger partial charge in [0.15, 0.2) is 6.23 Å². The van der Waals surface area contributed by atoms with Crippen LogP contribution < -0.4 is 4.74 Å². The van der Waals surface area contributed by atoms with Gasteiger partial charge in [-0.25, -0.2) is 0 Å². The summed E-state index contributed by atoms with van der Waals surface area (Å²) in [7, 11) is 0. The Balaban J connectivity index is 1.72. The van der Waals surface area contributed by atoms with Gasteiger partial charge in [-0.2, -0.15) is 5.10 Å². The minimum absolute atomic E-state index is 0.0662. The lowest BCUT2D eigenvalue weighted by Crippen LogP contribution is -2.37. The van der Waals surface area contributed by atoms with Crippen LogP contribution in [0.5, 0.6) is 5.75 Å². The zero-order valence-electron chi connectivity index (χ0n) is 12.0. The molecule has 5 heteroatoms. The normalized spacial score (nSPS) is 22.7. The van der Waals surface area contributed by atoms with Gasteiger partial charge in [0, 0.05) is 21.5 Å². The second-order valence-corrected chi connectivity index (χ2v) is 6.90. The molecule has 0 saturated carbocycles. The van der Waals surface area contributed by atoms with Crippen molar-refractivity contribution in [3.63, 3.8) is 0 Å². The molecule has 2 aromatic carbocycles. The van der Waals surface area contributed by atoms with Gasteiger partial charge in [0.2, 0.25) is 0 Å². The van der Waals surface area contributed by atoms with Gasteiger partial charge in [-0.05, 0) is 42.8 Å². The van der Waals surface area contributed by atoms with Crippen molar-refractivity contribution in [3.05, 3.63) is 63.1 Å². The standard InChI is InChI=1S/C17H14BrClN2O/c1-10-21-16(14-8-12(18)4-7-17(14)22-10)9-15(20-21)11-2-5-13(19)6-3-11/h2-8,10,16H,9H2,1H3/t10-,16+/m1/s1. The molecule has 0 saturated heterocycles. The maximum atomic E-state index is 5.98. The first-order valence-electron chi connectivity index (χ1n) is 7.20. The molecule has 2 aliphatic rings. The summed E-state index contributed by atoms with van der Waals surface area (Å²) in [5.74, 6) is 0.949. The lowest BCUT2D eigenvalue weighted by atomic mass is 9.97. The molecule has 2 aliphatic heterocycles. The van der Waals surface area contributed by atoms with E-state index in [4.69, 9.17) is 21.4 Å². The summed E-state index contributed by atoms with van der Waals surface area (Å²) in [6.07, 6.45) is 0.808. The van der Waals surface area contributed by atoms with E-state index in [1.165, 1.54) is 5.56 Å². The molecule has 0 aliphatic carbocycles. The molecule has 112 valence electrons. The lowest BCUT2D eigenvalue weighted by Gasteiger charge is -2.36. The Kier molecular flexibility index (Phi) is 3.39. The number of fused-ring (bicyclic) bond motifs is 3. The molecule has 0 fully saturated rings. The number of ether oxygens (including phenoxy) is 1. The van der Waals surface area contributed by atoms with Crippen molar-refractivity contribution >= 4 is 33.2 Å². The van der Waals surface area contributed by atoms with Gasteiger partial charge in [0.25, 0.3) is 0 Å². The fraction of sp³-hybridized carbons (Fsp3) is 0.235. The van der Waals surface area contributed by atoms with Crippen molar-refractivity contribution in [3.8, 4) is 5.75 Å². The van der Waals surface area contributed by atoms with Crippen molar-refractivity contribution in [2.45, 2.75) is 25.6 Å². The highest BCUT2D eigenvalue weighted by atomic mass is 79.9. The highest BCUT2D eigenvalue weighted by Crippen LogP contribution is 2.43. The van der Waals surface area contributed by atoms with Gasteiger partial charge in [-0.15, -0.1) is 0 Å². The Labute approximate surface area is 142 Å². The van der Waals surface area contributed by atoms with Crippen LogP contribution in [0.1, 0.15) is 30.5 Å². The van der Waals surface area contributed by atoms with Crippen molar-refractivity contribution in [2.24, 2.45) is 5.10 Å². The van der Waals surface area contributed by atoms with Gasteiger partial charge in [0.1, 0.15) is 5.75 Å². The number of hydrogen-bond acceptors (Lipinski definition) is 3. The summed E-state index contributed by atoms with van der Waals surface area (Å²) < 4.78 is 7.04. The molecule has 4 rings (SSSR count). The van der Waals surface area contributed by atoms with Crippen LogP contribution >= 0.6 is 27.5 Å². The van der Waals surface area contributed by atoms with Crippen molar-refractivity contribution < 1.29 is 4.74 Å². The number of hydrazone groups is 1. The van der Waals surface area contributed by atoms with Crippen LogP contribution in [0.4, 0.5) is 0 Å². The molecular weight excluding hydrogens is 364 g/mol. The molecule has 0 bridgehead atoms. The average Bonchev–Trinajstić information content (AvgIpc) is 2.95. The van der Waals surface area contributed by atoms with Gasteiger partial charge in [-0.1, -0.05) is 39.7 Å². The predicted molar refractivity (Wildman–Crippen MR) is 91.4 cm³/mol. The van der Waals surface area contributed by atoms with Gasteiger partial charge in [-0.3, -0.25) is 5.01 Å². The van der Waals surface area contributed by atoms with Crippen LogP contribution in [0, 0.1) is 0 Å². The smallest absolute Gasteiger partial charge is 0.185 e. The molecule has 3 nitrogen and oxygen atoms in total. The third kappa shape index (κ3) is 2.31. The van der Waals surface area contributed by atoms with Crippen LogP contribution in [-0.2, 0) is 0 Å². The van der Waals surface area contributed by atoms with E-state index >= 15 is 0 Å². The second-order valence-electron chi connectivity index (χ2n) is 5.55. The predicted octanol–water partition coefficient (Wildman–Crippen LogP) is 4.99. The van der Waals surface area contributed by atoms with Crippen LogP contribution in [-0.4, -0.2) is 16.9 Å². The zero-order valence-corrected chi connectivity index (χ0v) is 14.3. The minimum atomic E-state index is -0.0662. The topological polar surface area (TPSA) is 24.8 Å². The van der Waals surface area contributed by atoms with Gasteiger partial charge < -0.3 is 4.74 Å².